The van der Waals surface area contributed by atoms with E-state index in [0.717, 1.165) is 12.8 Å². The Labute approximate surface area is 104 Å². The van der Waals surface area contributed by atoms with Crippen LogP contribution in [0.2, 0.25) is 0 Å². The Hall–Kier alpha value is -1.11. The molecule has 92 valence electrons. The summed E-state index contributed by atoms with van der Waals surface area (Å²) in [7, 11) is 0. The first-order valence-electron chi connectivity index (χ1n) is 6.82. The molecule has 0 amide bonds. The maximum atomic E-state index is 12.1. The van der Waals surface area contributed by atoms with Crippen molar-refractivity contribution in [1.29, 1.82) is 0 Å². The summed E-state index contributed by atoms with van der Waals surface area (Å²) >= 11 is 0. The standard InChI is InChI=1S/C16H22O/c1-13(11-14-7-3-2-4-8-14)16(17)12-15-9-5-6-10-15/h2-4,7-8,13,15H,5-6,9-12H2,1H3. The molecule has 1 unspecified atom stereocenters. The quantitative estimate of drug-likeness (QED) is 0.746. The fourth-order valence-electron chi connectivity index (χ4n) is 2.78. The number of ketones is 1. The van der Waals surface area contributed by atoms with Gasteiger partial charge in [-0.2, -0.15) is 0 Å². The van der Waals surface area contributed by atoms with Gasteiger partial charge in [0.15, 0.2) is 0 Å². The molecule has 1 heteroatoms. The molecule has 17 heavy (non-hydrogen) atoms. The molecule has 1 aliphatic carbocycles. The van der Waals surface area contributed by atoms with Crippen LogP contribution in [0.5, 0.6) is 0 Å². The normalized spacial score (nSPS) is 18.2. The Balaban J connectivity index is 1.82. The smallest absolute Gasteiger partial charge is 0.136 e. The van der Waals surface area contributed by atoms with Crippen molar-refractivity contribution in [3.8, 4) is 0 Å². The molecular weight excluding hydrogens is 208 g/mol. The van der Waals surface area contributed by atoms with Gasteiger partial charge < -0.3 is 0 Å². The average molecular weight is 230 g/mol. The van der Waals surface area contributed by atoms with Crippen molar-refractivity contribution < 1.29 is 4.79 Å². The predicted octanol–water partition coefficient (Wildman–Crippen LogP) is 4.01. The first kappa shape index (κ1) is 12.3. The van der Waals surface area contributed by atoms with Crippen molar-refractivity contribution in [2.45, 2.75) is 45.4 Å². The third-order valence-electron chi connectivity index (χ3n) is 3.90. The fourth-order valence-corrected chi connectivity index (χ4v) is 2.78. The third-order valence-corrected chi connectivity index (χ3v) is 3.90. The Kier molecular flexibility index (Phi) is 4.36. The average Bonchev–Trinajstić information content (AvgIpc) is 2.83. The highest BCUT2D eigenvalue weighted by molar-refractivity contribution is 5.81. The zero-order valence-electron chi connectivity index (χ0n) is 10.7. The Morgan fingerprint density at radius 2 is 1.88 bits per heavy atom. The number of benzene rings is 1. The van der Waals surface area contributed by atoms with Crippen molar-refractivity contribution in [1.82, 2.24) is 0 Å². The maximum absolute atomic E-state index is 12.1. The van der Waals surface area contributed by atoms with Crippen LogP contribution in [0.3, 0.4) is 0 Å². The van der Waals surface area contributed by atoms with Gasteiger partial charge >= 0.3 is 0 Å². The lowest BCUT2D eigenvalue weighted by molar-refractivity contribution is -0.123. The molecule has 1 aromatic carbocycles. The SMILES string of the molecule is CC(Cc1ccccc1)C(=O)CC1CCCC1. The summed E-state index contributed by atoms with van der Waals surface area (Å²) in [6.07, 6.45) is 6.89. The minimum atomic E-state index is 0.179. The van der Waals surface area contributed by atoms with Crippen LogP contribution >= 0.6 is 0 Å². The van der Waals surface area contributed by atoms with Crippen LogP contribution in [0.15, 0.2) is 30.3 Å². The molecule has 1 saturated carbocycles. The molecular formula is C16H22O. The van der Waals surface area contributed by atoms with Gasteiger partial charge in [-0.25, -0.2) is 0 Å². The van der Waals surface area contributed by atoms with Crippen molar-refractivity contribution in [3.63, 3.8) is 0 Å². The van der Waals surface area contributed by atoms with Crippen LogP contribution < -0.4 is 0 Å². The minimum absolute atomic E-state index is 0.179. The third kappa shape index (κ3) is 3.69. The van der Waals surface area contributed by atoms with Gasteiger partial charge in [0.05, 0.1) is 0 Å². The van der Waals surface area contributed by atoms with E-state index in [4.69, 9.17) is 0 Å². The highest BCUT2D eigenvalue weighted by atomic mass is 16.1. The summed E-state index contributed by atoms with van der Waals surface area (Å²) in [6, 6.07) is 10.3. The molecule has 0 N–H and O–H groups in total. The van der Waals surface area contributed by atoms with E-state index < -0.39 is 0 Å². The summed E-state index contributed by atoms with van der Waals surface area (Å²) < 4.78 is 0. The summed E-state index contributed by atoms with van der Waals surface area (Å²) in [5.74, 6) is 1.32. The second-order valence-electron chi connectivity index (χ2n) is 5.41. The van der Waals surface area contributed by atoms with E-state index >= 15 is 0 Å². The number of Topliss-reactive ketones (excluding diaryl/α,β-unsaturated/α-hetero) is 1. The van der Waals surface area contributed by atoms with Crippen LogP contribution in [-0.2, 0) is 11.2 Å². The van der Waals surface area contributed by atoms with E-state index in [2.05, 4.69) is 19.1 Å². The second kappa shape index (κ2) is 6.00. The van der Waals surface area contributed by atoms with Crippen LogP contribution in [0.1, 0.15) is 44.6 Å². The van der Waals surface area contributed by atoms with Gasteiger partial charge in [-0.3, -0.25) is 4.79 Å². The molecule has 0 heterocycles. The van der Waals surface area contributed by atoms with Gasteiger partial charge in [0.1, 0.15) is 5.78 Å². The van der Waals surface area contributed by atoms with Gasteiger partial charge in [0.25, 0.3) is 0 Å². The monoisotopic (exact) mass is 230 g/mol. The summed E-state index contributed by atoms with van der Waals surface area (Å²) in [4.78, 5) is 12.1. The molecule has 1 aromatic rings. The summed E-state index contributed by atoms with van der Waals surface area (Å²) in [5, 5.41) is 0. The van der Waals surface area contributed by atoms with Gasteiger partial charge in [-0.1, -0.05) is 62.9 Å². The van der Waals surface area contributed by atoms with E-state index in [1.54, 1.807) is 0 Å². The minimum Gasteiger partial charge on any atom is -0.299 e. The molecule has 0 radical (unpaired) electrons. The fraction of sp³-hybridized carbons (Fsp3) is 0.562. The summed E-state index contributed by atoms with van der Waals surface area (Å²) in [5.41, 5.74) is 1.28. The first-order valence-corrected chi connectivity index (χ1v) is 6.82. The van der Waals surface area contributed by atoms with Gasteiger partial charge in [0.2, 0.25) is 0 Å². The molecule has 0 aromatic heterocycles. The molecule has 0 spiro atoms. The number of carbonyl (C=O) groups is 1. The molecule has 1 aliphatic rings. The van der Waals surface area contributed by atoms with Crippen molar-refractivity contribution in [2.75, 3.05) is 0 Å². The first-order chi connectivity index (χ1) is 8.25. The molecule has 0 aliphatic heterocycles. The lowest BCUT2D eigenvalue weighted by atomic mass is 9.90. The van der Waals surface area contributed by atoms with Gasteiger partial charge in [0, 0.05) is 12.3 Å². The van der Waals surface area contributed by atoms with Crippen molar-refractivity contribution >= 4 is 5.78 Å². The van der Waals surface area contributed by atoms with Gasteiger partial charge in [-0.05, 0) is 17.9 Å². The van der Waals surface area contributed by atoms with E-state index in [0.29, 0.717) is 11.7 Å². The number of hydrogen-bond donors (Lipinski definition) is 0. The Morgan fingerprint density at radius 3 is 2.53 bits per heavy atom. The highest BCUT2D eigenvalue weighted by Crippen LogP contribution is 2.29. The second-order valence-corrected chi connectivity index (χ2v) is 5.41. The molecule has 0 bridgehead atoms. The van der Waals surface area contributed by atoms with Crippen LogP contribution in [0.25, 0.3) is 0 Å². The zero-order chi connectivity index (χ0) is 12.1. The van der Waals surface area contributed by atoms with Crippen LogP contribution in [0.4, 0.5) is 0 Å². The van der Waals surface area contributed by atoms with Crippen LogP contribution in [0, 0.1) is 11.8 Å². The lowest BCUT2D eigenvalue weighted by Gasteiger charge is -2.13. The van der Waals surface area contributed by atoms with E-state index in [1.807, 2.05) is 18.2 Å². The molecule has 1 fully saturated rings. The number of carbonyl (C=O) groups excluding carboxylic acids is 1. The number of rotatable bonds is 5. The van der Waals surface area contributed by atoms with E-state index in [-0.39, 0.29) is 5.92 Å². The largest absolute Gasteiger partial charge is 0.299 e. The lowest BCUT2D eigenvalue weighted by Crippen LogP contribution is -2.16. The van der Waals surface area contributed by atoms with Crippen molar-refractivity contribution in [2.24, 2.45) is 11.8 Å². The van der Waals surface area contributed by atoms with E-state index in [9.17, 15) is 4.79 Å². The maximum Gasteiger partial charge on any atom is 0.136 e. The summed E-state index contributed by atoms with van der Waals surface area (Å²) in [6.45, 7) is 2.07. The molecule has 1 nitrogen and oxygen atoms in total. The topological polar surface area (TPSA) is 17.1 Å². The Bertz CT molecular complexity index is 349. The number of hydrogen-bond acceptors (Lipinski definition) is 1. The Morgan fingerprint density at radius 1 is 1.24 bits per heavy atom. The van der Waals surface area contributed by atoms with Gasteiger partial charge in [-0.15, -0.1) is 0 Å². The van der Waals surface area contributed by atoms with Crippen molar-refractivity contribution in [3.05, 3.63) is 35.9 Å². The zero-order valence-corrected chi connectivity index (χ0v) is 10.7. The van der Waals surface area contributed by atoms with E-state index in [1.165, 1.54) is 31.2 Å². The predicted molar refractivity (Wildman–Crippen MR) is 70.9 cm³/mol. The van der Waals surface area contributed by atoms with Crippen LogP contribution in [-0.4, -0.2) is 5.78 Å². The highest BCUT2D eigenvalue weighted by Gasteiger charge is 2.21. The molecule has 2 rings (SSSR count). The molecule has 1 atom stereocenters. The molecule has 0 saturated heterocycles.